The molecule has 7 heteroatoms. The highest BCUT2D eigenvalue weighted by atomic mass is 32.1. The lowest BCUT2D eigenvalue weighted by atomic mass is 10.1. The molecule has 0 aliphatic carbocycles. The van der Waals surface area contributed by atoms with Gasteiger partial charge in [-0.3, -0.25) is 4.79 Å². The maximum atomic E-state index is 12.7. The van der Waals surface area contributed by atoms with Gasteiger partial charge in [0.1, 0.15) is 5.01 Å². The summed E-state index contributed by atoms with van der Waals surface area (Å²) in [6, 6.07) is 11.6. The van der Waals surface area contributed by atoms with Crippen LogP contribution in [0.15, 0.2) is 36.4 Å². The smallest absolute Gasteiger partial charge is 0.227 e. The number of benzene rings is 2. The third-order valence-corrected chi connectivity index (χ3v) is 5.28. The Morgan fingerprint density at radius 2 is 1.78 bits per heavy atom. The van der Waals surface area contributed by atoms with Crippen molar-refractivity contribution in [3.05, 3.63) is 47.0 Å². The number of rotatable bonds is 7. The van der Waals surface area contributed by atoms with E-state index in [4.69, 9.17) is 14.2 Å². The molecule has 0 fully saturated rings. The normalized spacial score (nSPS) is 10.7. The standard InChI is InChI=1S/C20H22N2O4S/c1-22(12-17-21-14-7-5-6-8-16(14)27-17)18(23)11-13-9-10-15(24-2)20(26-4)19(13)25-3/h5-10H,11-12H2,1-4H3. The first-order valence-electron chi connectivity index (χ1n) is 8.43. The number of amides is 1. The zero-order chi connectivity index (χ0) is 19.4. The van der Waals surface area contributed by atoms with Crippen LogP contribution in [0.4, 0.5) is 0 Å². The lowest BCUT2D eigenvalue weighted by Gasteiger charge is -2.18. The number of thiazole rings is 1. The lowest BCUT2D eigenvalue weighted by Crippen LogP contribution is -2.27. The molecule has 1 amide bonds. The summed E-state index contributed by atoms with van der Waals surface area (Å²) in [4.78, 5) is 19.0. The fourth-order valence-corrected chi connectivity index (χ4v) is 3.90. The largest absolute Gasteiger partial charge is 0.493 e. The fourth-order valence-electron chi connectivity index (χ4n) is 2.88. The molecule has 0 bridgehead atoms. The summed E-state index contributed by atoms with van der Waals surface area (Å²) in [6.45, 7) is 0.466. The van der Waals surface area contributed by atoms with E-state index in [1.54, 1.807) is 50.7 Å². The molecule has 0 unspecified atom stereocenters. The van der Waals surface area contributed by atoms with Gasteiger partial charge in [-0.05, 0) is 18.2 Å². The van der Waals surface area contributed by atoms with Crippen molar-refractivity contribution < 1.29 is 19.0 Å². The van der Waals surface area contributed by atoms with Crippen LogP contribution in [0.2, 0.25) is 0 Å². The van der Waals surface area contributed by atoms with Crippen LogP contribution >= 0.6 is 11.3 Å². The van der Waals surface area contributed by atoms with Crippen LogP contribution < -0.4 is 14.2 Å². The number of hydrogen-bond donors (Lipinski definition) is 0. The number of fused-ring (bicyclic) bond motifs is 1. The Bertz CT molecular complexity index is 921. The Morgan fingerprint density at radius 1 is 1.04 bits per heavy atom. The molecule has 0 saturated heterocycles. The maximum Gasteiger partial charge on any atom is 0.227 e. The van der Waals surface area contributed by atoms with Crippen molar-refractivity contribution in [2.24, 2.45) is 0 Å². The first-order valence-corrected chi connectivity index (χ1v) is 9.25. The highest BCUT2D eigenvalue weighted by molar-refractivity contribution is 7.18. The van der Waals surface area contributed by atoms with E-state index in [-0.39, 0.29) is 12.3 Å². The number of hydrogen-bond acceptors (Lipinski definition) is 6. The highest BCUT2D eigenvalue weighted by Crippen LogP contribution is 2.40. The summed E-state index contributed by atoms with van der Waals surface area (Å²) >= 11 is 1.60. The molecule has 0 aliphatic rings. The minimum Gasteiger partial charge on any atom is -0.493 e. The van der Waals surface area contributed by atoms with Crippen LogP contribution in [0.5, 0.6) is 17.2 Å². The summed E-state index contributed by atoms with van der Waals surface area (Å²) in [5.41, 5.74) is 1.70. The van der Waals surface area contributed by atoms with Gasteiger partial charge in [-0.2, -0.15) is 0 Å². The van der Waals surface area contributed by atoms with Gasteiger partial charge in [0.15, 0.2) is 11.5 Å². The zero-order valence-electron chi connectivity index (χ0n) is 15.8. The molecule has 1 heterocycles. The predicted octanol–water partition coefficient (Wildman–Crippen LogP) is 3.52. The fraction of sp³-hybridized carbons (Fsp3) is 0.300. The molecule has 0 aliphatic heterocycles. The molecule has 142 valence electrons. The molecule has 0 radical (unpaired) electrons. The number of methoxy groups -OCH3 is 3. The Morgan fingerprint density at radius 3 is 2.44 bits per heavy atom. The summed E-state index contributed by atoms with van der Waals surface area (Å²) in [5, 5.41) is 0.909. The molecule has 3 rings (SSSR count). The van der Waals surface area contributed by atoms with Crippen molar-refractivity contribution >= 4 is 27.5 Å². The van der Waals surface area contributed by atoms with Gasteiger partial charge in [0.25, 0.3) is 0 Å². The molecular formula is C20H22N2O4S. The van der Waals surface area contributed by atoms with Gasteiger partial charge in [0, 0.05) is 12.6 Å². The summed E-state index contributed by atoms with van der Waals surface area (Å²) < 4.78 is 17.3. The number of aromatic nitrogens is 1. The SMILES string of the molecule is COc1ccc(CC(=O)N(C)Cc2nc3ccccc3s2)c(OC)c1OC. The van der Waals surface area contributed by atoms with Crippen molar-refractivity contribution in [1.29, 1.82) is 0 Å². The number of para-hydroxylation sites is 1. The molecule has 0 saturated carbocycles. The summed E-state index contributed by atoms with van der Waals surface area (Å²) in [7, 11) is 6.44. The van der Waals surface area contributed by atoms with E-state index in [0.29, 0.717) is 23.8 Å². The van der Waals surface area contributed by atoms with E-state index in [9.17, 15) is 4.79 Å². The molecule has 6 nitrogen and oxygen atoms in total. The number of carbonyl (C=O) groups is 1. The third-order valence-electron chi connectivity index (χ3n) is 4.26. The molecule has 2 aromatic carbocycles. The average Bonchev–Trinajstić information content (AvgIpc) is 3.09. The van der Waals surface area contributed by atoms with Gasteiger partial charge in [0.2, 0.25) is 11.7 Å². The topological polar surface area (TPSA) is 60.9 Å². The summed E-state index contributed by atoms with van der Waals surface area (Å²) in [5.74, 6) is 1.53. The minimum atomic E-state index is -0.0280. The maximum absolute atomic E-state index is 12.7. The van der Waals surface area contributed by atoms with Crippen molar-refractivity contribution in [1.82, 2.24) is 9.88 Å². The van der Waals surface area contributed by atoms with Crippen LogP contribution in [-0.4, -0.2) is 44.2 Å². The quantitative estimate of drug-likeness (QED) is 0.622. The van der Waals surface area contributed by atoms with Crippen LogP contribution in [0.25, 0.3) is 10.2 Å². The Labute approximate surface area is 162 Å². The minimum absolute atomic E-state index is 0.0280. The van der Waals surface area contributed by atoms with Gasteiger partial charge in [-0.1, -0.05) is 18.2 Å². The van der Waals surface area contributed by atoms with Gasteiger partial charge >= 0.3 is 0 Å². The third kappa shape index (κ3) is 3.98. The second-order valence-electron chi connectivity index (χ2n) is 6.00. The number of likely N-dealkylation sites (N-methyl/N-ethyl adjacent to an activating group) is 1. The lowest BCUT2D eigenvalue weighted by molar-refractivity contribution is -0.129. The molecular weight excluding hydrogens is 364 g/mol. The Balaban J connectivity index is 1.76. The highest BCUT2D eigenvalue weighted by Gasteiger charge is 2.20. The average molecular weight is 386 g/mol. The van der Waals surface area contributed by atoms with Crippen LogP contribution in [0.3, 0.4) is 0 Å². The second-order valence-corrected chi connectivity index (χ2v) is 7.11. The molecule has 0 N–H and O–H groups in total. The predicted molar refractivity (Wildman–Crippen MR) is 106 cm³/mol. The second kappa shape index (κ2) is 8.26. The zero-order valence-corrected chi connectivity index (χ0v) is 16.6. The van der Waals surface area contributed by atoms with E-state index in [0.717, 1.165) is 20.8 Å². The Kier molecular flexibility index (Phi) is 5.81. The first kappa shape index (κ1) is 19.0. The van der Waals surface area contributed by atoms with Crippen LogP contribution in [0.1, 0.15) is 10.6 Å². The van der Waals surface area contributed by atoms with Crippen molar-refractivity contribution in [2.75, 3.05) is 28.4 Å². The van der Waals surface area contributed by atoms with Gasteiger partial charge in [0.05, 0.1) is 44.5 Å². The van der Waals surface area contributed by atoms with Crippen LogP contribution in [0, 0.1) is 0 Å². The number of ether oxygens (including phenoxy) is 3. The number of nitrogens with zero attached hydrogens (tertiary/aromatic N) is 2. The molecule has 0 atom stereocenters. The van der Waals surface area contributed by atoms with Crippen molar-refractivity contribution in [3.8, 4) is 17.2 Å². The summed E-state index contributed by atoms with van der Waals surface area (Å²) in [6.07, 6.45) is 0.199. The van der Waals surface area contributed by atoms with Crippen molar-refractivity contribution in [3.63, 3.8) is 0 Å². The molecule has 1 aromatic heterocycles. The van der Waals surface area contributed by atoms with E-state index >= 15 is 0 Å². The van der Waals surface area contributed by atoms with Gasteiger partial charge in [-0.15, -0.1) is 11.3 Å². The van der Waals surface area contributed by atoms with E-state index in [2.05, 4.69) is 4.98 Å². The van der Waals surface area contributed by atoms with Gasteiger partial charge in [-0.25, -0.2) is 4.98 Å². The molecule has 0 spiro atoms. The number of carbonyl (C=O) groups excluding carboxylic acids is 1. The van der Waals surface area contributed by atoms with Gasteiger partial charge < -0.3 is 19.1 Å². The van der Waals surface area contributed by atoms with E-state index < -0.39 is 0 Å². The van der Waals surface area contributed by atoms with E-state index in [1.807, 2.05) is 30.3 Å². The molecule has 27 heavy (non-hydrogen) atoms. The monoisotopic (exact) mass is 386 g/mol. The Hall–Kier alpha value is -2.80. The van der Waals surface area contributed by atoms with E-state index in [1.165, 1.54) is 0 Å². The van der Waals surface area contributed by atoms with Crippen LogP contribution in [-0.2, 0) is 17.8 Å². The van der Waals surface area contributed by atoms with Crippen molar-refractivity contribution in [2.45, 2.75) is 13.0 Å². The molecule has 3 aromatic rings. The first-order chi connectivity index (χ1) is 13.1.